The van der Waals surface area contributed by atoms with Gasteiger partial charge in [0, 0.05) is 11.3 Å². The monoisotopic (exact) mass is 333 g/mol. The van der Waals surface area contributed by atoms with E-state index in [4.69, 9.17) is 5.73 Å². The second kappa shape index (κ2) is 8.29. The average molecular weight is 333 g/mol. The number of aryl methyl sites for hydroxylation is 2. The lowest BCUT2D eigenvalue weighted by molar-refractivity contribution is -0.0504. The van der Waals surface area contributed by atoms with E-state index in [1.807, 2.05) is 31.2 Å². The van der Waals surface area contributed by atoms with E-state index >= 15 is 0 Å². The number of nitrogens with one attached hydrogen (secondary N) is 1. The second-order valence-corrected chi connectivity index (χ2v) is 5.37. The van der Waals surface area contributed by atoms with Gasteiger partial charge in [0.05, 0.1) is 6.54 Å². The van der Waals surface area contributed by atoms with Gasteiger partial charge >= 0.3 is 6.61 Å². The number of anilines is 1. The highest BCUT2D eigenvalue weighted by Gasteiger charge is 2.09. The molecule has 0 unspecified atom stereocenters. The van der Waals surface area contributed by atoms with Crippen LogP contribution < -0.4 is 15.8 Å². The van der Waals surface area contributed by atoms with Crippen LogP contribution >= 0.6 is 0 Å². The van der Waals surface area contributed by atoms with Crippen molar-refractivity contribution in [2.45, 2.75) is 33.4 Å². The number of rotatable bonds is 6. The molecule has 0 bridgehead atoms. The smallest absolute Gasteiger partial charge is 0.387 e. The van der Waals surface area contributed by atoms with Gasteiger partial charge in [0.15, 0.2) is 5.96 Å². The Balaban J connectivity index is 2.07. The Labute approximate surface area is 140 Å². The van der Waals surface area contributed by atoms with Crippen LogP contribution in [-0.4, -0.2) is 12.6 Å². The van der Waals surface area contributed by atoms with E-state index < -0.39 is 6.61 Å². The Morgan fingerprint density at radius 3 is 2.54 bits per heavy atom. The maximum Gasteiger partial charge on any atom is 0.387 e. The van der Waals surface area contributed by atoms with Crippen molar-refractivity contribution in [1.29, 1.82) is 0 Å². The molecule has 0 saturated heterocycles. The lowest BCUT2D eigenvalue weighted by atomic mass is 10.1. The molecule has 0 aliphatic heterocycles. The molecule has 0 amide bonds. The molecular formula is C18H21F2N3O. The number of aliphatic imine (C=N–C) groups is 1. The van der Waals surface area contributed by atoms with Gasteiger partial charge in [-0.05, 0) is 37.1 Å². The molecule has 6 heteroatoms. The predicted molar refractivity (Wildman–Crippen MR) is 92.6 cm³/mol. The van der Waals surface area contributed by atoms with Gasteiger partial charge in [0.2, 0.25) is 0 Å². The summed E-state index contributed by atoms with van der Waals surface area (Å²) in [6.07, 6.45) is 0.962. The van der Waals surface area contributed by atoms with Crippen molar-refractivity contribution in [1.82, 2.24) is 0 Å². The summed E-state index contributed by atoms with van der Waals surface area (Å²) in [6, 6.07) is 12.8. The zero-order valence-corrected chi connectivity index (χ0v) is 13.7. The molecule has 0 heterocycles. The summed E-state index contributed by atoms with van der Waals surface area (Å²) in [5.41, 5.74) is 9.40. The third-order valence-corrected chi connectivity index (χ3v) is 3.49. The van der Waals surface area contributed by atoms with Crippen LogP contribution in [-0.2, 0) is 13.0 Å². The normalized spacial score (nSPS) is 11.6. The molecular weight excluding hydrogens is 312 g/mol. The van der Waals surface area contributed by atoms with Gasteiger partial charge in [-0.3, -0.25) is 0 Å². The molecule has 0 radical (unpaired) electrons. The Hall–Kier alpha value is -2.63. The molecule has 0 saturated carbocycles. The third-order valence-electron chi connectivity index (χ3n) is 3.49. The Morgan fingerprint density at radius 1 is 1.21 bits per heavy atom. The first-order chi connectivity index (χ1) is 11.5. The van der Waals surface area contributed by atoms with E-state index in [-0.39, 0.29) is 18.3 Å². The molecule has 0 aliphatic carbocycles. The quantitative estimate of drug-likeness (QED) is 0.618. The van der Waals surface area contributed by atoms with Crippen molar-refractivity contribution in [2.75, 3.05) is 5.32 Å². The first kappa shape index (κ1) is 17.7. The third kappa shape index (κ3) is 5.22. The zero-order valence-electron chi connectivity index (χ0n) is 13.7. The lowest BCUT2D eigenvalue weighted by Gasteiger charge is -2.11. The van der Waals surface area contributed by atoms with Gasteiger partial charge in [-0.1, -0.05) is 36.8 Å². The Kier molecular flexibility index (Phi) is 6.12. The van der Waals surface area contributed by atoms with E-state index in [1.54, 1.807) is 12.1 Å². The first-order valence-electron chi connectivity index (χ1n) is 7.68. The van der Waals surface area contributed by atoms with Crippen molar-refractivity contribution in [3.8, 4) is 5.75 Å². The molecule has 0 spiro atoms. The maximum absolute atomic E-state index is 12.5. The molecule has 2 aromatic rings. The van der Waals surface area contributed by atoms with Crippen molar-refractivity contribution in [2.24, 2.45) is 10.7 Å². The van der Waals surface area contributed by atoms with Crippen molar-refractivity contribution in [3.63, 3.8) is 0 Å². The molecule has 3 N–H and O–H groups in total. The number of nitrogens with two attached hydrogens (primary N) is 1. The first-order valence-corrected chi connectivity index (χ1v) is 7.68. The standard InChI is InChI=1S/C18H21F2N3O/c1-3-13-5-7-15(8-6-13)23-18(21)22-11-14-10-12(2)4-9-16(14)24-17(19)20/h4-10,17H,3,11H2,1-2H3,(H3,21,22,23). The van der Waals surface area contributed by atoms with Crippen LogP contribution in [0.4, 0.5) is 14.5 Å². The molecule has 24 heavy (non-hydrogen) atoms. The van der Waals surface area contributed by atoms with Gasteiger partial charge in [-0.25, -0.2) is 4.99 Å². The molecule has 128 valence electrons. The molecule has 0 aromatic heterocycles. The van der Waals surface area contributed by atoms with E-state index in [9.17, 15) is 8.78 Å². The summed E-state index contributed by atoms with van der Waals surface area (Å²) < 4.78 is 29.4. The van der Waals surface area contributed by atoms with Crippen LogP contribution in [0.15, 0.2) is 47.5 Å². The van der Waals surface area contributed by atoms with Crippen LogP contribution in [0.3, 0.4) is 0 Å². The number of guanidine groups is 1. The molecule has 0 atom stereocenters. The number of halogens is 2. The summed E-state index contributed by atoms with van der Waals surface area (Å²) in [7, 11) is 0. The predicted octanol–water partition coefficient (Wildman–Crippen LogP) is 4.09. The van der Waals surface area contributed by atoms with Gasteiger partial charge in [0.1, 0.15) is 5.75 Å². The lowest BCUT2D eigenvalue weighted by Crippen LogP contribution is -2.22. The Morgan fingerprint density at radius 2 is 1.92 bits per heavy atom. The molecule has 0 aliphatic rings. The highest BCUT2D eigenvalue weighted by atomic mass is 19.3. The topological polar surface area (TPSA) is 59.6 Å². The van der Waals surface area contributed by atoms with Crippen LogP contribution in [0, 0.1) is 6.92 Å². The molecule has 2 rings (SSSR count). The summed E-state index contributed by atoms with van der Waals surface area (Å²) in [6.45, 7) is 1.23. The summed E-state index contributed by atoms with van der Waals surface area (Å²) in [5, 5.41) is 2.98. The minimum absolute atomic E-state index is 0.111. The number of hydrogen-bond donors (Lipinski definition) is 2. The number of nitrogens with zero attached hydrogens (tertiary/aromatic N) is 1. The van der Waals surface area contributed by atoms with Crippen LogP contribution in [0.2, 0.25) is 0 Å². The molecule has 4 nitrogen and oxygen atoms in total. The number of ether oxygens (including phenoxy) is 1. The largest absolute Gasteiger partial charge is 0.434 e. The van der Waals surface area contributed by atoms with E-state index in [0.717, 1.165) is 17.7 Å². The van der Waals surface area contributed by atoms with Crippen LogP contribution in [0.5, 0.6) is 5.75 Å². The van der Waals surface area contributed by atoms with E-state index in [0.29, 0.717) is 5.56 Å². The number of hydrogen-bond acceptors (Lipinski definition) is 2. The fourth-order valence-electron chi connectivity index (χ4n) is 2.22. The van der Waals surface area contributed by atoms with E-state index in [2.05, 4.69) is 22.0 Å². The SMILES string of the molecule is CCc1ccc(NC(N)=NCc2cc(C)ccc2OC(F)F)cc1. The van der Waals surface area contributed by atoms with Gasteiger partial charge in [-0.15, -0.1) is 0 Å². The van der Waals surface area contributed by atoms with E-state index in [1.165, 1.54) is 11.6 Å². The van der Waals surface area contributed by atoms with Crippen molar-refractivity contribution >= 4 is 11.6 Å². The molecule has 2 aromatic carbocycles. The summed E-state index contributed by atoms with van der Waals surface area (Å²) in [4.78, 5) is 4.20. The van der Waals surface area contributed by atoms with Crippen molar-refractivity contribution < 1.29 is 13.5 Å². The number of alkyl halides is 2. The summed E-state index contributed by atoms with van der Waals surface area (Å²) in [5.74, 6) is 0.322. The highest BCUT2D eigenvalue weighted by molar-refractivity contribution is 5.92. The average Bonchev–Trinajstić information content (AvgIpc) is 2.55. The van der Waals surface area contributed by atoms with Gasteiger partial charge in [0.25, 0.3) is 0 Å². The molecule has 0 fully saturated rings. The summed E-state index contributed by atoms with van der Waals surface area (Å²) >= 11 is 0. The highest BCUT2D eigenvalue weighted by Crippen LogP contribution is 2.23. The number of benzene rings is 2. The van der Waals surface area contributed by atoms with Crippen LogP contribution in [0.1, 0.15) is 23.6 Å². The fourth-order valence-corrected chi connectivity index (χ4v) is 2.22. The maximum atomic E-state index is 12.5. The van der Waals surface area contributed by atoms with Gasteiger partial charge in [-0.2, -0.15) is 8.78 Å². The minimum Gasteiger partial charge on any atom is -0.434 e. The van der Waals surface area contributed by atoms with Crippen molar-refractivity contribution in [3.05, 3.63) is 59.2 Å². The minimum atomic E-state index is -2.87. The van der Waals surface area contributed by atoms with Gasteiger partial charge < -0.3 is 15.8 Å². The fraction of sp³-hybridized carbons (Fsp3) is 0.278. The van der Waals surface area contributed by atoms with Crippen LogP contribution in [0.25, 0.3) is 0 Å². The zero-order chi connectivity index (χ0) is 17.5. The second-order valence-electron chi connectivity index (χ2n) is 5.37. The Bertz CT molecular complexity index is 700.